The van der Waals surface area contributed by atoms with Gasteiger partial charge in [-0.25, -0.2) is 0 Å². The third-order valence-electron chi connectivity index (χ3n) is 3.27. The minimum Gasteiger partial charge on any atom is -0.350 e. The van der Waals surface area contributed by atoms with Gasteiger partial charge in [0.05, 0.1) is 0 Å². The number of hydrogen-bond donors (Lipinski definition) is 2. The number of nitrogens with one attached hydrogen (secondary N) is 1. The van der Waals surface area contributed by atoms with Crippen LogP contribution in [0.3, 0.4) is 0 Å². The van der Waals surface area contributed by atoms with Gasteiger partial charge in [0.1, 0.15) is 0 Å². The van der Waals surface area contributed by atoms with Gasteiger partial charge in [-0.3, -0.25) is 4.79 Å². The van der Waals surface area contributed by atoms with Gasteiger partial charge < -0.3 is 11.1 Å². The van der Waals surface area contributed by atoms with E-state index in [1.54, 1.807) is 6.08 Å². The highest BCUT2D eigenvalue weighted by Gasteiger charge is 2.29. The number of nitrogens with two attached hydrogens (primary N) is 1. The normalized spacial score (nSPS) is 28.1. The molecule has 1 aliphatic carbocycles. The zero-order valence-electron chi connectivity index (χ0n) is 9.54. The summed E-state index contributed by atoms with van der Waals surface area (Å²) in [5, 5.41) is 2.95. The summed E-state index contributed by atoms with van der Waals surface area (Å²) in [6.07, 6.45) is 6.19. The molecular formula is C12H22N2O. The van der Waals surface area contributed by atoms with Crippen molar-refractivity contribution in [2.75, 3.05) is 6.54 Å². The molecular weight excluding hydrogens is 188 g/mol. The lowest BCUT2D eigenvalue weighted by molar-refractivity contribution is -0.128. The van der Waals surface area contributed by atoms with E-state index in [0.717, 1.165) is 19.3 Å². The van der Waals surface area contributed by atoms with Crippen LogP contribution >= 0.6 is 0 Å². The van der Waals surface area contributed by atoms with Crippen molar-refractivity contribution in [3.63, 3.8) is 0 Å². The van der Waals surface area contributed by atoms with Gasteiger partial charge in [0, 0.05) is 12.0 Å². The van der Waals surface area contributed by atoms with Crippen LogP contribution in [-0.4, -0.2) is 18.5 Å². The van der Waals surface area contributed by atoms with Gasteiger partial charge in [0.15, 0.2) is 0 Å². The van der Waals surface area contributed by atoms with E-state index in [4.69, 9.17) is 5.73 Å². The smallest absolute Gasteiger partial charge is 0.223 e. The van der Waals surface area contributed by atoms with E-state index in [1.807, 2.05) is 6.92 Å². The molecule has 86 valence electrons. The Balaban J connectivity index is 2.51. The zero-order valence-corrected chi connectivity index (χ0v) is 9.54. The number of hydrogen-bond acceptors (Lipinski definition) is 2. The summed E-state index contributed by atoms with van der Waals surface area (Å²) in [5.41, 5.74) is 5.69. The number of amides is 1. The molecule has 0 bridgehead atoms. The fourth-order valence-corrected chi connectivity index (χ4v) is 2.23. The summed E-state index contributed by atoms with van der Waals surface area (Å²) in [5.74, 6) is 0.638. The lowest BCUT2D eigenvalue weighted by atomic mass is 9.78. The van der Waals surface area contributed by atoms with Crippen LogP contribution in [0.15, 0.2) is 12.7 Å². The van der Waals surface area contributed by atoms with Crippen LogP contribution in [0.4, 0.5) is 0 Å². The zero-order chi connectivity index (χ0) is 11.3. The molecule has 3 atom stereocenters. The molecule has 3 nitrogen and oxygen atoms in total. The van der Waals surface area contributed by atoms with Crippen LogP contribution in [0.5, 0.6) is 0 Å². The molecule has 0 aliphatic heterocycles. The van der Waals surface area contributed by atoms with Crippen molar-refractivity contribution in [1.29, 1.82) is 0 Å². The first-order chi connectivity index (χ1) is 7.19. The van der Waals surface area contributed by atoms with E-state index in [-0.39, 0.29) is 17.9 Å². The van der Waals surface area contributed by atoms with Crippen LogP contribution in [-0.2, 0) is 4.79 Å². The average molecular weight is 210 g/mol. The molecule has 1 amide bonds. The molecule has 15 heavy (non-hydrogen) atoms. The average Bonchev–Trinajstić information content (AvgIpc) is 2.28. The third kappa shape index (κ3) is 3.34. The number of carbonyl (C=O) groups excluding carboxylic acids is 1. The molecule has 3 N–H and O–H groups in total. The standard InChI is InChI=1S/C12H22N2O/c1-3-9(2)14-12(15)11-7-5-4-6-10(11)8-13/h3,9-11H,1,4-8,13H2,2H3,(H,14,15). The van der Waals surface area contributed by atoms with Crippen molar-refractivity contribution in [3.8, 4) is 0 Å². The molecule has 3 unspecified atom stereocenters. The van der Waals surface area contributed by atoms with Crippen molar-refractivity contribution in [2.45, 2.75) is 38.6 Å². The highest BCUT2D eigenvalue weighted by atomic mass is 16.1. The third-order valence-corrected chi connectivity index (χ3v) is 3.27. The van der Waals surface area contributed by atoms with Gasteiger partial charge in [-0.1, -0.05) is 18.9 Å². The summed E-state index contributed by atoms with van der Waals surface area (Å²) >= 11 is 0. The van der Waals surface area contributed by atoms with Crippen molar-refractivity contribution >= 4 is 5.91 Å². The Morgan fingerprint density at radius 2 is 2.27 bits per heavy atom. The lowest BCUT2D eigenvalue weighted by Gasteiger charge is -2.30. The molecule has 0 aromatic heterocycles. The Hall–Kier alpha value is -0.830. The van der Waals surface area contributed by atoms with Crippen molar-refractivity contribution in [1.82, 2.24) is 5.32 Å². The molecule has 0 radical (unpaired) electrons. The van der Waals surface area contributed by atoms with Crippen LogP contribution in [0.25, 0.3) is 0 Å². The van der Waals surface area contributed by atoms with E-state index in [2.05, 4.69) is 11.9 Å². The van der Waals surface area contributed by atoms with Crippen LogP contribution < -0.4 is 11.1 Å². The molecule has 0 aromatic carbocycles. The molecule has 0 spiro atoms. The second-order valence-electron chi connectivity index (χ2n) is 4.42. The highest BCUT2D eigenvalue weighted by molar-refractivity contribution is 5.79. The highest BCUT2D eigenvalue weighted by Crippen LogP contribution is 2.29. The number of rotatable bonds is 4. The first-order valence-electron chi connectivity index (χ1n) is 5.82. The van der Waals surface area contributed by atoms with Crippen molar-refractivity contribution < 1.29 is 4.79 Å². The van der Waals surface area contributed by atoms with E-state index in [9.17, 15) is 4.79 Å². The van der Waals surface area contributed by atoms with Gasteiger partial charge in [0.2, 0.25) is 5.91 Å². The largest absolute Gasteiger partial charge is 0.350 e. The monoisotopic (exact) mass is 210 g/mol. The summed E-state index contributed by atoms with van der Waals surface area (Å²) < 4.78 is 0. The summed E-state index contributed by atoms with van der Waals surface area (Å²) in [4.78, 5) is 11.9. The fraction of sp³-hybridized carbons (Fsp3) is 0.750. The SMILES string of the molecule is C=CC(C)NC(=O)C1CCCCC1CN. The second kappa shape index (κ2) is 5.91. The molecule has 1 fully saturated rings. The van der Waals surface area contributed by atoms with Crippen LogP contribution in [0.1, 0.15) is 32.6 Å². The summed E-state index contributed by atoms with van der Waals surface area (Å²) in [7, 11) is 0. The van der Waals surface area contributed by atoms with Crippen LogP contribution in [0, 0.1) is 11.8 Å². The quantitative estimate of drug-likeness (QED) is 0.690. The molecule has 3 heteroatoms. The maximum Gasteiger partial charge on any atom is 0.223 e. The Kier molecular flexibility index (Phi) is 4.82. The van der Waals surface area contributed by atoms with E-state index < -0.39 is 0 Å². The van der Waals surface area contributed by atoms with Gasteiger partial charge >= 0.3 is 0 Å². The van der Waals surface area contributed by atoms with Gasteiger partial charge in [-0.15, -0.1) is 6.58 Å². The Bertz CT molecular complexity index is 228. The van der Waals surface area contributed by atoms with Crippen LogP contribution in [0.2, 0.25) is 0 Å². The Labute approximate surface area is 92.1 Å². The van der Waals surface area contributed by atoms with Crippen molar-refractivity contribution in [2.24, 2.45) is 17.6 Å². The topological polar surface area (TPSA) is 55.1 Å². The molecule has 0 heterocycles. The predicted octanol–water partition coefficient (Wildman–Crippen LogP) is 1.44. The Morgan fingerprint density at radius 3 is 2.87 bits per heavy atom. The predicted molar refractivity (Wildman–Crippen MR) is 62.3 cm³/mol. The minimum atomic E-state index is 0.0536. The minimum absolute atomic E-state index is 0.0536. The molecule has 0 aromatic rings. The molecule has 1 rings (SSSR count). The Morgan fingerprint density at radius 1 is 1.60 bits per heavy atom. The van der Waals surface area contributed by atoms with Gasteiger partial charge in [-0.05, 0) is 32.2 Å². The van der Waals surface area contributed by atoms with E-state index >= 15 is 0 Å². The summed E-state index contributed by atoms with van der Waals surface area (Å²) in [6, 6.07) is 0.0536. The lowest BCUT2D eigenvalue weighted by Crippen LogP contribution is -2.42. The fourth-order valence-electron chi connectivity index (χ4n) is 2.23. The van der Waals surface area contributed by atoms with Crippen molar-refractivity contribution in [3.05, 3.63) is 12.7 Å². The first kappa shape index (κ1) is 12.2. The second-order valence-corrected chi connectivity index (χ2v) is 4.42. The first-order valence-corrected chi connectivity index (χ1v) is 5.82. The van der Waals surface area contributed by atoms with E-state index in [0.29, 0.717) is 12.5 Å². The van der Waals surface area contributed by atoms with Gasteiger partial charge in [0.25, 0.3) is 0 Å². The molecule has 1 aliphatic rings. The number of carbonyl (C=O) groups is 1. The summed E-state index contributed by atoms with van der Waals surface area (Å²) in [6.45, 7) is 6.22. The molecule has 1 saturated carbocycles. The maximum atomic E-state index is 11.9. The molecule has 0 saturated heterocycles. The van der Waals surface area contributed by atoms with Gasteiger partial charge in [-0.2, -0.15) is 0 Å². The van der Waals surface area contributed by atoms with E-state index in [1.165, 1.54) is 6.42 Å². The maximum absolute atomic E-state index is 11.9.